The third kappa shape index (κ3) is 4.79. The fourth-order valence-corrected chi connectivity index (χ4v) is 3.81. The number of H-pyrrole nitrogens is 1. The Morgan fingerprint density at radius 1 is 1.15 bits per heavy atom. The third-order valence-electron chi connectivity index (χ3n) is 5.55. The van der Waals surface area contributed by atoms with E-state index in [1.165, 1.54) is 10.7 Å². The van der Waals surface area contributed by atoms with Crippen molar-refractivity contribution in [2.24, 2.45) is 0 Å². The van der Waals surface area contributed by atoms with E-state index in [9.17, 15) is 9.59 Å². The number of ketones is 1. The SMILES string of the molecule is Cc1cc(C(C)c2ccc(=O)n(Cc3cccc(C#N)c3)n2)[nH]c1C(=O)c1ccc(Cl)cc1. The molecule has 0 spiro atoms. The zero-order chi connectivity index (χ0) is 23.5. The normalized spacial score (nSPS) is 11.7. The summed E-state index contributed by atoms with van der Waals surface area (Å²) in [5.74, 6) is -0.286. The van der Waals surface area contributed by atoms with Gasteiger partial charge in [0.2, 0.25) is 5.78 Å². The standard InChI is InChI=1S/C26H21ClN4O2/c1-16-12-23(29-25(16)26(33)20-6-8-21(27)9-7-20)17(2)22-10-11-24(32)31(30-22)15-19-5-3-4-18(13-19)14-28/h3-13,17,29H,15H2,1-2H3. The average Bonchev–Trinajstić information content (AvgIpc) is 3.21. The van der Waals surface area contributed by atoms with Crippen LogP contribution in [-0.2, 0) is 6.54 Å². The second kappa shape index (κ2) is 9.27. The molecule has 0 saturated carbocycles. The predicted octanol–water partition coefficient (Wildman–Crippen LogP) is 4.84. The molecule has 164 valence electrons. The van der Waals surface area contributed by atoms with Gasteiger partial charge in [-0.3, -0.25) is 9.59 Å². The summed E-state index contributed by atoms with van der Waals surface area (Å²) in [5, 5.41) is 14.2. The molecule has 0 aliphatic rings. The molecule has 1 atom stereocenters. The largest absolute Gasteiger partial charge is 0.355 e. The van der Waals surface area contributed by atoms with Gasteiger partial charge >= 0.3 is 0 Å². The van der Waals surface area contributed by atoms with E-state index in [4.69, 9.17) is 16.9 Å². The molecular formula is C26H21ClN4O2. The van der Waals surface area contributed by atoms with E-state index >= 15 is 0 Å². The van der Waals surface area contributed by atoms with Gasteiger partial charge in [-0.25, -0.2) is 4.68 Å². The van der Waals surface area contributed by atoms with Gasteiger partial charge in [-0.2, -0.15) is 10.4 Å². The maximum atomic E-state index is 12.9. The summed E-state index contributed by atoms with van der Waals surface area (Å²) in [6, 6.07) is 21.1. The van der Waals surface area contributed by atoms with Crippen LogP contribution >= 0.6 is 11.6 Å². The number of hydrogen-bond acceptors (Lipinski definition) is 4. The number of halogens is 1. The van der Waals surface area contributed by atoms with Crippen LogP contribution in [0.2, 0.25) is 5.02 Å². The highest BCUT2D eigenvalue weighted by Gasteiger charge is 2.19. The lowest BCUT2D eigenvalue weighted by Gasteiger charge is -2.12. The van der Waals surface area contributed by atoms with Gasteiger partial charge in [0, 0.05) is 28.3 Å². The summed E-state index contributed by atoms with van der Waals surface area (Å²) in [6.45, 7) is 4.11. The predicted molar refractivity (Wildman–Crippen MR) is 127 cm³/mol. The molecule has 2 heterocycles. The van der Waals surface area contributed by atoms with E-state index in [1.807, 2.05) is 26.0 Å². The number of aromatic amines is 1. The number of aryl methyl sites for hydroxylation is 1. The summed E-state index contributed by atoms with van der Waals surface area (Å²) in [5.41, 5.74) is 4.54. The minimum atomic E-state index is -0.227. The second-order valence-electron chi connectivity index (χ2n) is 7.91. The van der Waals surface area contributed by atoms with Crippen LogP contribution in [0.25, 0.3) is 0 Å². The first kappa shape index (κ1) is 22.3. The first-order valence-corrected chi connectivity index (χ1v) is 10.8. The van der Waals surface area contributed by atoms with E-state index in [1.54, 1.807) is 48.5 Å². The number of carbonyl (C=O) groups excluding carboxylic acids is 1. The van der Waals surface area contributed by atoms with Crippen molar-refractivity contribution in [1.29, 1.82) is 5.26 Å². The van der Waals surface area contributed by atoms with Gasteiger partial charge in [0.25, 0.3) is 5.56 Å². The average molecular weight is 457 g/mol. The summed E-state index contributed by atoms with van der Waals surface area (Å²) < 4.78 is 1.39. The summed E-state index contributed by atoms with van der Waals surface area (Å²) in [7, 11) is 0. The second-order valence-corrected chi connectivity index (χ2v) is 8.34. The molecule has 0 saturated heterocycles. The molecule has 6 nitrogen and oxygen atoms in total. The lowest BCUT2D eigenvalue weighted by atomic mass is 10.0. The zero-order valence-corrected chi connectivity index (χ0v) is 18.9. The highest BCUT2D eigenvalue weighted by atomic mass is 35.5. The summed E-state index contributed by atoms with van der Waals surface area (Å²) >= 11 is 5.93. The van der Waals surface area contributed by atoms with E-state index in [2.05, 4.69) is 16.2 Å². The Labute approximate surface area is 196 Å². The lowest BCUT2D eigenvalue weighted by molar-refractivity contribution is 0.103. The molecule has 0 aliphatic carbocycles. The minimum Gasteiger partial charge on any atom is -0.355 e. The number of nitrogens with zero attached hydrogens (tertiary/aromatic N) is 3. The third-order valence-corrected chi connectivity index (χ3v) is 5.81. The van der Waals surface area contributed by atoms with Gasteiger partial charge in [0.1, 0.15) is 0 Å². The number of hydrogen-bond donors (Lipinski definition) is 1. The van der Waals surface area contributed by atoms with Crippen LogP contribution in [0.5, 0.6) is 0 Å². The topological polar surface area (TPSA) is 91.5 Å². The van der Waals surface area contributed by atoms with Crippen molar-refractivity contribution in [3.8, 4) is 6.07 Å². The molecule has 2 aromatic heterocycles. The maximum Gasteiger partial charge on any atom is 0.267 e. The van der Waals surface area contributed by atoms with Crippen molar-refractivity contribution in [2.75, 3.05) is 0 Å². The van der Waals surface area contributed by atoms with Crippen molar-refractivity contribution >= 4 is 17.4 Å². The number of nitrogens with one attached hydrogen (secondary N) is 1. The van der Waals surface area contributed by atoms with E-state index in [0.29, 0.717) is 27.5 Å². The van der Waals surface area contributed by atoms with Crippen LogP contribution < -0.4 is 5.56 Å². The zero-order valence-electron chi connectivity index (χ0n) is 18.2. The van der Waals surface area contributed by atoms with E-state index in [-0.39, 0.29) is 23.8 Å². The Morgan fingerprint density at radius 2 is 1.91 bits per heavy atom. The van der Waals surface area contributed by atoms with Crippen LogP contribution in [-0.4, -0.2) is 20.5 Å². The fraction of sp³-hybridized carbons (Fsp3) is 0.154. The smallest absolute Gasteiger partial charge is 0.267 e. The van der Waals surface area contributed by atoms with Gasteiger partial charge < -0.3 is 4.98 Å². The van der Waals surface area contributed by atoms with Gasteiger partial charge in [-0.1, -0.05) is 30.7 Å². The van der Waals surface area contributed by atoms with Crippen molar-refractivity contribution < 1.29 is 4.79 Å². The Hall–Kier alpha value is -3.95. The van der Waals surface area contributed by atoms with Gasteiger partial charge in [0.05, 0.1) is 29.6 Å². The molecule has 0 fully saturated rings. The molecule has 4 aromatic rings. The van der Waals surface area contributed by atoms with Crippen LogP contribution in [0.15, 0.2) is 71.5 Å². The molecule has 1 unspecified atom stereocenters. The van der Waals surface area contributed by atoms with Crippen molar-refractivity contribution in [3.05, 3.63) is 121 Å². The number of aromatic nitrogens is 3. The molecule has 1 N–H and O–H groups in total. The Balaban J connectivity index is 1.61. The molecule has 2 aromatic carbocycles. The number of carbonyl (C=O) groups is 1. The molecule has 4 rings (SSSR count). The summed E-state index contributed by atoms with van der Waals surface area (Å²) in [4.78, 5) is 28.6. The van der Waals surface area contributed by atoms with E-state index in [0.717, 1.165) is 16.8 Å². The van der Waals surface area contributed by atoms with Gasteiger partial charge in [-0.05, 0) is 66.6 Å². The first-order chi connectivity index (χ1) is 15.9. The van der Waals surface area contributed by atoms with Gasteiger partial charge in [0.15, 0.2) is 0 Å². The Bertz CT molecular complexity index is 1430. The number of nitriles is 1. The molecule has 7 heteroatoms. The molecule has 0 amide bonds. The number of benzene rings is 2. The van der Waals surface area contributed by atoms with Crippen LogP contribution in [0.1, 0.15) is 57.0 Å². The molecular weight excluding hydrogens is 436 g/mol. The highest BCUT2D eigenvalue weighted by Crippen LogP contribution is 2.25. The quantitative estimate of drug-likeness (QED) is 0.420. The lowest BCUT2D eigenvalue weighted by Crippen LogP contribution is -2.24. The highest BCUT2D eigenvalue weighted by molar-refractivity contribution is 6.30. The van der Waals surface area contributed by atoms with Crippen LogP contribution in [0.3, 0.4) is 0 Å². The van der Waals surface area contributed by atoms with Crippen LogP contribution in [0.4, 0.5) is 0 Å². The maximum absolute atomic E-state index is 12.9. The van der Waals surface area contributed by atoms with E-state index < -0.39 is 0 Å². The minimum absolute atomic E-state index is 0.113. The van der Waals surface area contributed by atoms with Crippen molar-refractivity contribution in [1.82, 2.24) is 14.8 Å². The molecule has 0 radical (unpaired) electrons. The van der Waals surface area contributed by atoms with Gasteiger partial charge in [-0.15, -0.1) is 0 Å². The van der Waals surface area contributed by atoms with Crippen molar-refractivity contribution in [3.63, 3.8) is 0 Å². The van der Waals surface area contributed by atoms with Crippen molar-refractivity contribution in [2.45, 2.75) is 26.3 Å². The first-order valence-electron chi connectivity index (χ1n) is 10.4. The number of rotatable bonds is 6. The van der Waals surface area contributed by atoms with Crippen LogP contribution in [0, 0.1) is 18.3 Å². The molecule has 0 aliphatic heterocycles. The molecule has 33 heavy (non-hydrogen) atoms. The molecule has 0 bridgehead atoms. The fourth-order valence-electron chi connectivity index (χ4n) is 3.68. The Morgan fingerprint density at radius 3 is 2.64 bits per heavy atom. The monoisotopic (exact) mass is 456 g/mol. The summed E-state index contributed by atoms with van der Waals surface area (Å²) in [6.07, 6.45) is 0. The Kier molecular flexibility index (Phi) is 6.25.